The topological polar surface area (TPSA) is 84.8 Å². The van der Waals surface area contributed by atoms with Gasteiger partial charge in [-0.1, -0.05) is 24.3 Å². The van der Waals surface area contributed by atoms with Gasteiger partial charge in [0.15, 0.2) is 0 Å². The van der Waals surface area contributed by atoms with Crippen molar-refractivity contribution < 1.29 is 19.4 Å². The lowest BCUT2D eigenvalue weighted by atomic mass is 10.0. The van der Waals surface area contributed by atoms with Crippen LogP contribution >= 0.6 is 0 Å². The van der Waals surface area contributed by atoms with Gasteiger partial charge >= 0.3 is 6.03 Å². The van der Waals surface area contributed by atoms with Gasteiger partial charge < -0.3 is 25.7 Å². The predicted octanol–water partition coefficient (Wildman–Crippen LogP) is 2.81. The van der Waals surface area contributed by atoms with Gasteiger partial charge in [0.05, 0.1) is 24.3 Å². The molecule has 0 bridgehead atoms. The first-order valence-electron chi connectivity index (χ1n) is 10.5. The lowest BCUT2D eigenvalue weighted by Crippen LogP contribution is -2.42. The summed E-state index contributed by atoms with van der Waals surface area (Å²) in [5, 5.41) is 25.9. The van der Waals surface area contributed by atoms with Crippen molar-refractivity contribution in [3.05, 3.63) is 65.0 Å². The van der Waals surface area contributed by atoms with E-state index in [2.05, 4.69) is 15.5 Å². The zero-order valence-corrected chi connectivity index (χ0v) is 17.0. The molecule has 2 aliphatic rings. The fourth-order valence-corrected chi connectivity index (χ4v) is 4.47. The summed E-state index contributed by atoms with van der Waals surface area (Å²) >= 11 is 0. The summed E-state index contributed by atoms with van der Waals surface area (Å²) in [6.07, 6.45) is 0.863. The minimum Gasteiger partial charge on any atom is -0.393 e. The molecule has 0 radical (unpaired) electrons. The van der Waals surface area contributed by atoms with Crippen molar-refractivity contribution in [2.24, 2.45) is 0 Å². The number of nitrogens with one attached hydrogen (secondary N) is 2. The number of urea groups is 1. The number of aliphatic hydroxyl groups excluding tert-OH is 2. The second-order valence-electron chi connectivity index (χ2n) is 8.21. The fourth-order valence-electron chi connectivity index (χ4n) is 4.47. The van der Waals surface area contributed by atoms with Gasteiger partial charge in [-0.25, -0.2) is 9.18 Å². The van der Waals surface area contributed by atoms with E-state index in [0.29, 0.717) is 37.9 Å². The minimum atomic E-state index is -0.673. The van der Waals surface area contributed by atoms with Gasteiger partial charge in [-0.05, 0) is 49.1 Å². The molecule has 3 atom stereocenters. The number of aliphatic hydroxyl groups is 2. The number of amides is 2. The van der Waals surface area contributed by atoms with Crippen LogP contribution in [0, 0.1) is 5.82 Å². The molecule has 2 amide bonds. The molecule has 1 aliphatic carbocycles. The molecule has 1 saturated heterocycles. The number of halogens is 1. The van der Waals surface area contributed by atoms with E-state index in [1.165, 1.54) is 12.1 Å². The highest BCUT2D eigenvalue weighted by molar-refractivity contribution is 5.76. The van der Waals surface area contributed by atoms with Crippen LogP contribution < -0.4 is 15.5 Å². The van der Waals surface area contributed by atoms with Crippen molar-refractivity contribution in [2.75, 3.05) is 18.0 Å². The molecular formula is C23H28FN3O3. The molecule has 1 unspecified atom stereocenters. The molecule has 6 nitrogen and oxygen atoms in total. The number of hydrogen-bond acceptors (Lipinski definition) is 4. The molecule has 7 heteroatoms. The van der Waals surface area contributed by atoms with E-state index in [9.17, 15) is 19.4 Å². The summed E-state index contributed by atoms with van der Waals surface area (Å²) in [6.45, 7) is 3.18. The summed E-state index contributed by atoms with van der Waals surface area (Å²) < 4.78 is 14.0. The van der Waals surface area contributed by atoms with Crippen molar-refractivity contribution in [2.45, 2.75) is 50.5 Å². The van der Waals surface area contributed by atoms with Crippen molar-refractivity contribution in [3.63, 3.8) is 0 Å². The van der Waals surface area contributed by atoms with Crippen molar-refractivity contribution in [1.29, 1.82) is 0 Å². The number of rotatable bonds is 4. The number of benzene rings is 2. The van der Waals surface area contributed by atoms with Crippen LogP contribution in [-0.2, 0) is 6.42 Å². The van der Waals surface area contributed by atoms with Crippen LogP contribution in [-0.4, -0.2) is 41.5 Å². The van der Waals surface area contributed by atoms with E-state index < -0.39 is 24.2 Å². The van der Waals surface area contributed by atoms with Crippen LogP contribution in [0.1, 0.15) is 48.5 Å². The standard InChI is InChI=1S/C23H28FN3O3/c1-14(19-13-16(24)6-7-20(19)27-10-8-17(28)9-11-27)25-23(30)26-22-18-5-3-2-4-15(18)12-21(22)29/h2-7,13-14,17,21-22,28-29H,8-12H2,1H3,(H2,25,26,30)/t14?,21-,22+/m1/s1. The van der Waals surface area contributed by atoms with Gasteiger partial charge in [-0.2, -0.15) is 0 Å². The van der Waals surface area contributed by atoms with Gasteiger partial charge in [0.1, 0.15) is 5.82 Å². The van der Waals surface area contributed by atoms with Crippen LogP contribution in [0.4, 0.5) is 14.9 Å². The maximum absolute atomic E-state index is 14.0. The number of piperidine rings is 1. The molecule has 0 aromatic heterocycles. The summed E-state index contributed by atoms with van der Waals surface area (Å²) in [5.41, 5.74) is 3.51. The molecule has 160 valence electrons. The summed E-state index contributed by atoms with van der Waals surface area (Å²) in [4.78, 5) is 14.8. The third-order valence-corrected chi connectivity index (χ3v) is 6.10. The Morgan fingerprint density at radius 3 is 2.67 bits per heavy atom. The smallest absolute Gasteiger partial charge is 0.315 e. The molecule has 1 fully saturated rings. The number of nitrogens with zero attached hydrogens (tertiary/aromatic N) is 1. The van der Waals surface area contributed by atoms with Crippen LogP contribution in [0.15, 0.2) is 42.5 Å². The molecule has 2 aromatic carbocycles. The zero-order valence-electron chi connectivity index (χ0n) is 17.0. The number of hydrogen-bond donors (Lipinski definition) is 4. The minimum absolute atomic E-state index is 0.299. The SMILES string of the molecule is CC(NC(=O)N[C@H]1c2ccccc2C[C@H]1O)c1cc(F)ccc1N1CCC(O)CC1. The highest BCUT2D eigenvalue weighted by Gasteiger charge is 2.32. The Morgan fingerprint density at radius 1 is 1.17 bits per heavy atom. The Morgan fingerprint density at radius 2 is 1.90 bits per heavy atom. The summed E-state index contributed by atoms with van der Waals surface area (Å²) in [6, 6.07) is 11.0. The Labute approximate surface area is 175 Å². The van der Waals surface area contributed by atoms with Crippen molar-refractivity contribution in [3.8, 4) is 0 Å². The predicted molar refractivity (Wildman–Crippen MR) is 113 cm³/mol. The molecule has 2 aromatic rings. The molecule has 0 spiro atoms. The van der Waals surface area contributed by atoms with E-state index in [1.807, 2.05) is 31.2 Å². The van der Waals surface area contributed by atoms with Crippen LogP contribution in [0.5, 0.6) is 0 Å². The Balaban J connectivity index is 1.47. The number of anilines is 1. The van der Waals surface area contributed by atoms with Gasteiger partial charge in [0.25, 0.3) is 0 Å². The van der Waals surface area contributed by atoms with E-state index in [0.717, 1.165) is 16.8 Å². The Hall–Kier alpha value is -2.64. The quantitative estimate of drug-likeness (QED) is 0.621. The van der Waals surface area contributed by atoms with E-state index in [-0.39, 0.29) is 11.9 Å². The van der Waals surface area contributed by atoms with Gasteiger partial charge in [0, 0.05) is 30.8 Å². The maximum atomic E-state index is 14.0. The molecular weight excluding hydrogens is 385 g/mol. The first kappa shape index (κ1) is 20.6. The lowest BCUT2D eigenvalue weighted by Gasteiger charge is -2.34. The summed E-state index contributed by atoms with van der Waals surface area (Å²) in [5.74, 6) is -0.361. The fraction of sp³-hybridized carbons (Fsp3) is 0.435. The lowest BCUT2D eigenvalue weighted by molar-refractivity contribution is 0.142. The van der Waals surface area contributed by atoms with Gasteiger partial charge in [0.2, 0.25) is 0 Å². The second-order valence-corrected chi connectivity index (χ2v) is 8.21. The number of fused-ring (bicyclic) bond motifs is 1. The molecule has 4 rings (SSSR count). The van der Waals surface area contributed by atoms with Crippen LogP contribution in [0.2, 0.25) is 0 Å². The van der Waals surface area contributed by atoms with E-state index in [4.69, 9.17) is 0 Å². The second kappa shape index (κ2) is 8.62. The van der Waals surface area contributed by atoms with Gasteiger partial charge in [-0.15, -0.1) is 0 Å². The van der Waals surface area contributed by atoms with Crippen molar-refractivity contribution in [1.82, 2.24) is 10.6 Å². The van der Waals surface area contributed by atoms with Crippen molar-refractivity contribution >= 4 is 11.7 Å². The highest BCUT2D eigenvalue weighted by atomic mass is 19.1. The Bertz CT molecular complexity index is 914. The molecule has 1 heterocycles. The summed E-state index contributed by atoms with van der Waals surface area (Å²) in [7, 11) is 0. The Kier molecular flexibility index (Phi) is 5.92. The average Bonchev–Trinajstić information content (AvgIpc) is 3.04. The van der Waals surface area contributed by atoms with Crippen LogP contribution in [0.25, 0.3) is 0 Å². The molecule has 30 heavy (non-hydrogen) atoms. The zero-order chi connectivity index (χ0) is 21.3. The molecule has 4 N–H and O–H groups in total. The third kappa shape index (κ3) is 4.27. The van der Waals surface area contributed by atoms with E-state index >= 15 is 0 Å². The first-order chi connectivity index (χ1) is 14.4. The molecule has 1 aliphatic heterocycles. The molecule has 0 saturated carbocycles. The van der Waals surface area contributed by atoms with Crippen LogP contribution in [0.3, 0.4) is 0 Å². The van der Waals surface area contributed by atoms with E-state index in [1.54, 1.807) is 6.07 Å². The monoisotopic (exact) mass is 413 g/mol. The highest BCUT2D eigenvalue weighted by Crippen LogP contribution is 2.32. The average molecular weight is 413 g/mol. The van der Waals surface area contributed by atoms with Gasteiger partial charge in [-0.3, -0.25) is 0 Å². The largest absolute Gasteiger partial charge is 0.393 e. The first-order valence-corrected chi connectivity index (χ1v) is 10.5. The normalized spacial score (nSPS) is 22.5. The number of carbonyl (C=O) groups excluding carboxylic acids is 1. The maximum Gasteiger partial charge on any atom is 0.315 e. The number of carbonyl (C=O) groups is 1. The third-order valence-electron chi connectivity index (χ3n) is 6.10.